The molecule has 1 aromatic heterocycles. The minimum atomic E-state index is -0.148. The third-order valence-electron chi connectivity index (χ3n) is 3.63. The van der Waals surface area contributed by atoms with Crippen LogP contribution in [0.3, 0.4) is 0 Å². The summed E-state index contributed by atoms with van der Waals surface area (Å²) in [5.41, 5.74) is 9.36. The average molecular weight is 351 g/mol. The molecule has 126 valence electrons. The quantitative estimate of drug-likeness (QED) is 0.541. The number of carbonyl (C=O) groups is 2. The van der Waals surface area contributed by atoms with E-state index in [4.69, 9.17) is 5.73 Å². The van der Waals surface area contributed by atoms with Crippen molar-refractivity contribution in [1.29, 1.82) is 0 Å². The average Bonchev–Trinajstić information content (AvgIpc) is 3.04. The first kappa shape index (κ1) is 16.9. The first-order valence-electron chi connectivity index (χ1n) is 7.72. The van der Waals surface area contributed by atoms with Crippen molar-refractivity contribution in [3.8, 4) is 10.6 Å². The minimum absolute atomic E-state index is 0.00412. The van der Waals surface area contributed by atoms with E-state index in [-0.39, 0.29) is 18.1 Å². The first-order valence-corrected chi connectivity index (χ1v) is 8.60. The summed E-state index contributed by atoms with van der Waals surface area (Å²) in [5.74, 6) is -0.153. The molecule has 0 saturated carbocycles. The molecule has 0 aliphatic rings. The van der Waals surface area contributed by atoms with Gasteiger partial charge in [-0.1, -0.05) is 0 Å². The van der Waals surface area contributed by atoms with Crippen LogP contribution in [0.25, 0.3) is 10.6 Å². The molecule has 0 bridgehead atoms. The SMILES string of the molecule is CC(=O)c1ccc(NC(=O)Cc2csc(-c3ccc(N)cc3)n2)cc1. The van der Waals surface area contributed by atoms with Crippen LogP contribution >= 0.6 is 11.3 Å². The van der Waals surface area contributed by atoms with Crippen molar-refractivity contribution >= 4 is 34.4 Å². The van der Waals surface area contributed by atoms with Crippen molar-refractivity contribution in [1.82, 2.24) is 4.98 Å². The maximum atomic E-state index is 12.2. The van der Waals surface area contributed by atoms with Crippen LogP contribution in [0.2, 0.25) is 0 Å². The molecule has 0 atom stereocenters. The highest BCUT2D eigenvalue weighted by Gasteiger charge is 2.10. The van der Waals surface area contributed by atoms with Crippen molar-refractivity contribution < 1.29 is 9.59 Å². The van der Waals surface area contributed by atoms with Crippen LogP contribution in [0.4, 0.5) is 11.4 Å². The van der Waals surface area contributed by atoms with Crippen LogP contribution in [-0.2, 0) is 11.2 Å². The molecule has 0 aliphatic carbocycles. The summed E-state index contributed by atoms with van der Waals surface area (Å²) < 4.78 is 0. The molecule has 0 aliphatic heterocycles. The van der Waals surface area contributed by atoms with Crippen molar-refractivity contribution in [2.75, 3.05) is 11.1 Å². The van der Waals surface area contributed by atoms with Crippen molar-refractivity contribution in [3.63, 3.8) is 0 Å². The van der Waals surface area contributed by atoms with Crippen molar-refractivity contribution in [2.45, 2.75) is 13.3 Å². The predicted octanol–water partition coefficient (Wildman–Crippen LogP) is 3.78. The van der Waals surface area contributed by atoms with E-state index in [0.717, 1.165) is 16.3 Å². The number of nitrogens with two attached hydrogens (primary N) is 1. The molecule has 3 rings (SSSR count). The summed E-state index contributed by atoms with van der Waals surface area (Å²) in [6.45, 7) is 1.51. The van der Waals surface area contributed by atoms with Gasteiger partial charge in [0.2, 0.25) is 5.91 Å². The molecule has 3 aromatic rings. The van der Waals surface area contributed by atoms with Gasteiger partial charge in [0.05, 0.1) is 12.1 Å². The molecule has 0 fully saturated rings. The summed E-state index contributed by atoms with van der Waals surface area (Å²) in [6, 6.07) is 14.3. The first-order chi connectivity index (χ1) is 12.0. The second-order valence-corrected chi connectivity index (χ2v) is 6.48. The Bertz CT molecular complexity index is 899. The second-order valence-electron chi connectivity index (χ2n) is 5.62. The van der Waals surface area contributed by atoms with Crippen LogP contribution in [0.15, 0.2) is 53.9 Å². The Kier molecular flexibility index (Phi) is 4.90. The standard InChI is InChI=1S/C19H17N3O2S/c1-12(23)13-4-8-16(9-5-13)21-18(24)10-17-11-25-19(22-17)14-2-6-15(20)7-3-14/h2-9,11H,10,20H2,1H3,(H,21,24). The highest BCUT2D eigenvalue weighted by Crippen LogP contribution is 2.24. The lowest BCUT2D eigenvalue weighted by Gasteiger charge is -2.04. The molecule has 5 nitrogen and oxygen atoms in total. The number of aromatic nitrogens is 1. The molecule has 0 saturated heterocycles. The number of amides is 1. The lowest BCUT2D eigenvalue weighted by atomic mass is 10.1. The maximum Gasteiger partial charge on any atom is 0.230 e. The van der Waals surface area contributed by atoms with Gasteiger partial charge < -0.3 is 11.1 Å². The largest absolute Gasteiger partial charge is 0.399 e. The lowest BCUT2D eigenvalue weighted by Crippen LogP contribution is -2.14. The molecule has 3 N–H and O–H groups in total. The minimum Gasteiger partial charge on any atom is -0.399 e. The number of nitrogen functional groups attached to an aromatic ring is 1. The van der Waals surface area contributed by atoms with Crippen LogP contribution in [0.1, 0.15) is 23.0 Å². The number of ketones is 1. The van der Waals surface area contributed by atoms with Gasteiger partial charge in [-0.15, -0.1) is 11.3 Å². The smallest absolute Gasteiger partial charge is 0.230 e. The van der Waals surface area contributed by atoms with Gasteiger partial charge in [0, 0.05) is 27.9 Å². The Labute approximate surface area is 149 Å². The van der Waals surface area contributed by atoms with Gasteiger partial charge in [-0.3, -0.25) is 9.59 Å². The molecular formula is C19H17N3O2S. The Morgan fingerprint density at radius 1 is 1.08 bits per heavy atom. The van der Waals surface area contributed by atoms with Gasteiger partial charge >= 0.3 is 0 Å². The van der Waals surface area contributed by atoms with E-state index in [9.17, 15) is 9.59 Å². The summed E-state index contributed by atoms with van der Waals surface area (Å²) in [4.78, 5) is 27.9. The van der Waals surface area contributed by atoms with E-state index in [1.807, 2.05) is 29.6 Å². The Hall–Kier alpha value is -2.99. The molecule has 2 aromatic carbocycles. The zero-order valence-corrected chi connectivity index (χ0v) is 14.5. The number of benzene rings is 2. The fourth-order valence-corrected chi connectivity index (χ4v) is 3.13. The number of nitrogens with one attached hydrogen (secondary N) is 1. The number of hydrogen-bond donors (Lipinski definition) is 2. The normalized spacial score (nSPS) is 10.4. The summed E-state index contributed by atoms with van der Waals surface area (Å²) in [7, 11) is 0. The third kappa shape index (κ3) is 4.30. The van der Waals surface area contributed by atoms with Gasteiger partial charge in [-0.05, 0) is 55.5 Å². The third-order valence-corrected chi connectivity index (χ3v) is 4.57. The van der Waals surface area contributed by atoms with Gasteiger partial charge in [0.15, 0.2) is 5.78 Å². The van der Waals surface area contributed by atoms with Crippen molar-refractivity contribution in [3.05, 3.63) is 65.2 Å². The number of nitrogens with zero attached hydrogens (tertiary/aromatic N) is 1. The van der Waals surface area contributed by atoms with Gasteiger partial charge in [0.1, 0.15) is 5.01 Å². The highest BCUT2D eigenvalue weighted by molar-refractivity contribution is 7.13. The van der Waals surface area contributed by atoms with Gasteiger partial charge in [-0.25, -0.2) is 4.98 Å². The molecule has 0 spiro atoms. The molecule has 25 heavy (non-hydrogen) atoms. The summed E-state index contributed by atoms with van der Waals surface area (Å²) in [5, 5.41) is 5.55. The van der Waals surface area contributed by atoms with Crippen LogP contribution in [0.5, 0.6) is 0 Å². The maximum absolute atomic E-state index is 12.2. The molecule has 0 radical (unpaired) electrons. The number of Topliss-reactive ketones (excluding diaryl/α,β-unsaturated/α-hetero) is 1. The van der Waals surface area contributed by atoms with E-state index in [1.165, 1.54) is 18.3 Å². The number of anilines is 2. The van der Waals surface area contributed by atoms with E-state index in [2.05, 4.69) is 10.3 Å². The highest BCUT2D eigenvalue weighted by atomic mass is 32.1. The molecule has 0 unspecified atom stereocenters. The van der Waals surface area contributed by atoms with Crippen LogP contribution in [0, 0.1) is 0 Å². The van der Waals surface area contributed by atoms with E-state index >= 15 is 0 Å². The van der Waals surface area contributed by atoms with Crippen LogP contribution in [-0.4, -0.2) is 16.7 Å². The van der Waals surface area contributed by atoms with E-state index in [0.29, 0.717) is 16.9 Å². The summed E-state index contributed by atoms with van der Waals surface area (Å²) in [6.07, 6.45) is 0.194. The van der Waals surface area contributed by atoms with Gasteiger partial charge in [0.25, 0.3) is 0 Å². The van der Waals surface area contributed by atoms with Crippen LogP contribution < -0.4 is 11.1 Å². The molecule has 6 heteroatoms. The fourth-order valence-electron chi connectivity index (χ4n) is 2.30. The fraction of sp³-hybridized carbons (Fsp3) is 0.105. The number of rotatable bonds is 5. The second kappa shape index (κ2) is 7.27. The molecule has 1 heterocycles. The Morgan fingerprint density at radius 3 is 2.40 bits per heavy atom. The predicted molar refractivity (Wildman–Crippen MR) is 101 cm³/mol. The number of hydrogen-bond acceptors (Lipinski definition) is 5. The summed E-state index contributed by atoms with van der Waals surface area (Å²) >= 11 is 1.49. The number of carbonyl (C=O) groups excluding carboxylic acids is 2. The molecular weight excluding hydrogens is 334 g/mol. The van der Waals surface area contributed by atoms with E-state index < -0.39 is 0 Å². The zero-order valence-electron chi connectivity index (χ0n) is 13.7. The zero-order chi connectivity index (χ0) is 17.8. The van der Waals surface area contributed by atoms with E-state index in [1.54, 1.807) is 24.3 Å². The van der Waals surface area contributed by atoms with Crippen molar-refractivity contribution in [2.24, 2.45) is 0 Å². The van der Waals surface area contributed by atoms with Gasteiger partial charge in [-0.2, -0.15) is 0 Å². The topological polar surface area (TPSA) is 85.1 Å². The number of thiazole rings is 1. The Morgan fingerprint density at radius 2 is 1.76 bits per heavy atom. The molecule has 1 amide bonds. The Balaban J connectivity index is 1.63. The monoisotopic (exact) mass is 351 g/mol. The lowest BCUT2D eigenvalue weighted by molar-refractivity contribution is -0.115.